The lowest BCUT2D eigenvalue weighted by molar-refractivity contribution is 0.0915. The minimum atomic E-state index is -0.606. The van der Waals surface area contributed by atoms with Crippen molar-refractivity contribution in [3.05, 3.63) is 53.3 Å². The fourth-order valence-corrected chi connectivity index (χ4v) is 2.91. The first kappa shape index (κ1) is 18.2. The van der Waals surface area contributed by atoms with Gasteiger partial charge in [-0.3, -0.25) is 9.48 Å². The van der Waals surface area contributed by atoms with Crippen LogP contribution in [0.25, 0.3) is 0 Å². The highest BCUT2D eigenvalue weighted by atomic mass is 16.3. The van der Waals surface area contributed by atoms with Gasteiger partial charge in [-0.15, -0.1) is 0 Å². The molecule has 2 aromatic rings. The van der Waals surface area contributed by atoms with Crippen LogP contribution in [0, 0.1) is 6.92 Å². The summed E-state index contributed by atoms with van der Waals surface area (Å²) in [6.07, 6.45) is 3.50. The Morgan fingerprint density at radius 2 is 1.92 bits per heavy atom. The molecule has 0 aliphatic carbocycles. The van der Waals surface area contributed by atoms with Crippen molar-refractivity contribution in [1.29, 1.82) is 0 Å². The molecule has 0 saturated heterocycles. The molecule has 2 rings (SSSR count). The molecule has 0 aliphatic heterocycles. The number of nitrogens with one attached hydrogen (secondary N) is 1. The smallest absolute Gasteiger partial charge is 0.254 e. The Hall–Kier alpha value is -2.14. The molecule has 5 nitrogen and oxygen atoms in total. The summed E-state index contributed by atoms with van der Waals surface area (Å²) in [7, 11) is 0. The van der Waals surface area contributed by atoms with Crippen LogP contribution >= 0.6 is 0 Å². The number of nitrogens with zero attached hydrogens (tertiary/aromatic N) is 2. The minimum absolute atomic E-state index is 0.184. The Kier molecular flexibility index (Phi) is 6.55. The Balaban J connectivity index is 1.93. The number of aliphatic hydroxyl groups is 1. The van der Waals surface area contributed by atoms with Crippen molar-refractivity contribution in [2.24, 2.45) is 0 Å². The number of amides is 1. The summed E-state index contributed by atoms with van der Waals surface area (Å²) in [5, 5.41) is 17.3. The number of hydrogen-bond donors (Lipinski definition) is 2. The second-order valence-corrected chi connectivity index (χ2v) is 6.11. The maximum Gasteiger partial charge on any atom is 0.254 e. The van der Waals surface area contributed by atoms with Crippen molar-refractivity contribution in [3.8, 4) is 0 Å². The second-order valence-electron chi connectivity index (χ2n) is 6.11. The molecule has 0 fully saturated rings. The number of aliphatic hydroxyl groups excluding tert-OH is 1. The SMILES string of the molecule is CCC(CC)n1ncc(C(=O)NCC(O)Cc2ccccc2)c1C. The molecule has 24 heavy (non-hydrogen) atoms. The van der Waals surface area contributed by atoms with Gasteiger partial charge in [0.25, 0.3) is 5.91 Å². The Labute approximate surface area is 143 Å². The fourth-order valence-electron chi connectivity index (χ4n) is 2.91. The summed E-state index contributed by atoms with van der Waals surface area (Å²) in [4.78, 5) is 12.4. The molecule has 1 unspecified atom stereocenters. The van der Waals surface area contributed by atoms with E-state index < -0.39 is 6.10 Å². The van der Waals surface area contributed by atoms with E-state index in [1.165, 1.54) is 0 Å². The van der Waals surface area contributed by atoms with Crippen molar-refractivity contribution in [2.75, 3.05) is 6.54 Å². The van der Waals surface area contributed by atoms with Gasteiger partial charge in [-0.1, -0.05) is 44.2 Å². The molecule has 1 atom stereocenters. The summed E-state index contributed by atoms with van der Waals surface area (Å²) in [5.74, 6) is -0.184. The molecule has 1 heterocycles. The van der Waals surface area contributed by atoms with Crippen molar-refractivity contribution in [1.82, 2.24) is 15.1 Å². The van der Waals surface area contributed by atoms with E-state index in [0.29, 0.717) is 18.0 Å². The van der Waals surface area contributed by atoms with Gasteiger partial charge in [-0.25, -0.2) is 0 Å². The van der Waals surface area contributed by atoms with E-state index >= 15 is 0 Å². The van der Waals surface area contributed by atoms with Crippen molar-refractivity contribution in [2.45, 2.75) is 52.2 Å². The van der Waals surface area contributed by atoms with Crippen molar-refractivity contribution < 1.29 is 9.90 Å². The predicted molar refractivity (Wildman–Crippen MR) is 95.1 cm³/mol. The van der Waals surface area contributed by atoms with E-state index in [1.807, 2.05) is 41.9 Å². The molecule has 1 aromatic heterocycles. The number of rotatable bonds is 8. The molecule has 0 aliphatic rings. The van der Waals surface area contributed by atoms with Gasteiger partial charge < -0.3 is 10.4 Å². The van der Waals surface area contributed by atoms with Crippen LogP contribution in [0.5, 0.6) is 0 Å². The molecule has 0 radical (unpaired) electrons. The molecule has 1 amide bonds. The molecule has 5 heteroatoms. The van der Waals surface area contributed by atoms with Crippen LogP contribution < -0.4 is 5.32 Å². The van der Waals surface area contributed by atoms with Crippen LogP contribution in [-0.4, -0.2) is 33.4 Å². The van der Waals surface area contributed by atoms with Crippen LogP contribution in [0.3, 0.4) is 0 Å². The van der Waals surface area contributed by atoms with E-state index in [-0.39, 0.29) is 12.5 Å². The van der Waals surface area contributed by atoms with E-state index in [4.69, 9.17) is 0 Å². The van der Waals surface area contributed by atoms with Gasteiger partial charge >= 0.3 is 0 Å². The van der Waals surface area contributed by atoms with Gasteiger partial charge in [-0.05, 0) is 25.3 Å². The molecule has 1 aromatic carbocycles. The maximum absolute atomic E-state index is 12.4. The van der Waals surface area contributed by atoms with Crippen LogP contribution in [0.1, 0.15) is 54.3 Å². The highest BCUT2D eigenvalue weighted by molar-refractivity contribution is 5.95. The standard InChI is InChI=1S/C19H27N3O2/c1-4-16(5-2)22-14(3)18(13-21-22)19(24)20-12-17(23)11-15-9-7-6-8-10-15/h6-10,13,16-17,23H,4-5,11-12H2,1-3H3,(H,20,24). The first-order valence-electron chi connectivity index (χ1n) is 8.61. The zero-order valence-electron chi connectivity index (χ0n) is 14.7. The van der Waals surface area contributed by atoms with Crippen LogP contribution in [0.15, 0.2) is 36.5 Å². The Morgan fingerprint density at radius 1 is 1.25 bits per heavy atom. The molecule has 0 bridgehead atoms. The topological polar surface area (TPSA) is 67.2 Å². The van der Waals surface area contributed by atoms with E-state index in [9.17, 15) is 9.90 Å². The van der Waals surface area contributed by atoms with Gasteiger partial charge in [0, 0.05) is 18.7 Å². The fraction of sp³-hybridized carbons (Fsp3) is 0.474. The summed E-state index contributed by atoms with van der Waals surface area (Å²) < 4.78 is 1.93. The normalized spacial score (nSPS) is 12.4. The van der Waals surface area contributed by atoms with E-state index in [1.54, 1.807) is 6.20 Å². The molecule has 2 N–H and O–H groups in total. The molecule has 0 spiro atoms. The Morgan fingerprint density at radius 3 is 2.54 bits per heavy atom. The zero-order valence-corrected chi connectivity index (χ0v) is 14.7. The largest absolute Gasteiger partial charge is 0.391 e. The number of aromatic nitrogens is 2. The van der Waals surface area contributed by atoms with Gasteiger partial charge in [0.05, 0.1) is 23.9 Å². The summed E-state index contributed by atoms with van der Waals surface area (Å²) in [6, 6.07) is 10.1. The van der Waals surface area contributed by atoms with E-state index in [0.717, 1.165) is 24.1 Å². The van der Waals surface area contributed by atoms with Gasteiger partial charge in [0.15, 0.2) is 0 Å². The number of hydrogen-bond acceptors (Lipinski definition) is 3. The number of carbonyl (C=O) groups is 1. The lowest BCUT2D eigenvalue weighted by Crippen LogP contribution is -2.33. The maximum atomic E-state index is 12.4. The summed E-state index contributed by atoms with van der Waals surface area (Å²) in [5.41, 5.74) is 2.50. The molecular weight excluding hydrogens is 302 g/mol. The number of benzene rings is 1. The van der Waals surface area contributed by atoms with Crippen molar-refractivity contribution >= 4 is 5.91 Å². The number of carbonyl (C=O) groups excluding carboxylic acids is 1. The van der Waals surface area contributed by atoms with E-state index in [2.05, 4.69) is 24.3 Å². The van der Waals surface area contributed by atoms with Gasteiger partial charge in [0.1, 0.15) is 0 Å². The second kappa shape index (κ2) is 8.64. The third-order valence-corrected chi connectivity index (χ3v) is 4.39. The average molecular weight is 329 g/mol. The quantitative estimate of drug-likeness (QED) is 0.782. The third kappa shape index (κ3) is 4.45. The van der Waals surface area contributed by atoms with Crippen LogP contribution in [0.2, 0.25) is 0 Å². The summed E-state index contributed by atoms with van der Waals surface area (Å²) >= 11 is 0. The Bertz CT molecular complexity index is 648. The first-order valence-corrected chi connectivity index (χ1v) is 8.61. The lowest BCUT2D eigenvalue weighted by atomic mass is 10.1. The van der Waals surface area contributed by atoms with Crippen LogP contribution in [0.4, 0.5) is 0 Å². The minimum Gasteiger partial charge on any atom is -0.391 e. The zero-order chi connectivity index (χ0) is 17.5. The highest BCUT2D eigenvalue weighted by Crippen LogP contribution is 2.19. The third-order valence-electron chi connectivity index (χ3n) is 4.39. The first-order chi connectivity index (χ1) is 11.6. The average Bonchev–Trinajstić information content (AvgIpc) is 2.97. The predicted octanol–water partition coefficient (Wildman–Crippen LogP) is 2.89. The van der Waals surface area contributed by atoms with Crippen molar-refractivity contribution in [3.63, 3.8) is 0 Å². The van der Waals surface area contributed by atoms with Crippen LogP contribution in [-0.2, 0) is 6.42 Å². The monoisotopic (exact) mass is 329 g/mol. The molecule has 0 saturated carbocycles. The van der Waals surface area contributed by atoms with Gasteiger partial charge in [0.2, 0.25) is 0 Å². The lowest BCUT2D eigenvalue weighted by Gasteiger charge is -2.15. The molecular formula is C19H27N3O2. The highest BCUT2D eigenvalue weighted by Gasteiger charge is 2.18. The molecule has 130 valence electrons. The summed E-state index contributed by atoms with van der Waals surface area (Å²) in [6.45, 7) is 6.38. The van der Waals surface area contributed by atoms with Gasteiger partial charge in [-0.2, -0.15) is 5.10 Å².